The second-order valence-corrected chi connectivity index (χ2v) is 5.45. The maximum atomic E-state index is 12.9. The second kappa shape index (κ2) is 8.03. The normalized spacial score (nSPS) is 16.8. The fourth-order valence-electron chi connectivity index (χ4n) is 2.82. The molecule has 1 atom stereocenters. The zero-order valence-electron chi connectivity index (χ0n) is 13.1. The van der Waals surface area contributed by atoms with Gasteiger partial charge in [0.05, 0.1) is 5.69 Å². The third-order valence-electron chi connectivity index (χ3n) is 3.91. The zero-order valence-corrected chi connectivity index (χ0v) is 13.9. The van der Waals surface area contributed by atoms with Crippen LogP contribution in [0.4, 0.5) is 0 Å². The number of hydrogen-bond donors (Lipinski definition) is 1. The van der Waals surface area contributed by atoms with Gasteiger partial charge >= 0.3 is 0 Å². The van der Waals surface area contributed by atoms with Crippen LogP contribution in [0.3, 0.4) is 0 Å². The topological polar surface area (TPSA) is 75.9 Å². The molecule has 1 aromatic carbocycles. The van der Waals surface area contributed by atoms with Crippen molar-refractivity contribution in [3.63, 3.8) is 0 Å². The number of carbonyl (C=O) groups is 1. The van der Waals surface area contributed by atoms with E-state index in [-0.39, 0.29) is 24.4 Å². The smallest absolute Gasteiger partial charge is 0.254 e. The van der Waals surface area contributed by atoms with Gasteiger partial charge in [-0.3, -0.25) is 4.79 Å². The molecule has 1 unspecified atom stereocenters. The molecule has 8 heteroatoms. The van der Waals surface area contributed by atoms with E-state index in [2.05, 4.69) is 27.8 Å². The van der Waals surface area contributed by atoms with Crippen LogP contribution in [0.5, 0.6) is 0 Å². The Bertz CT molecular complexity index is 627. The van der Waals surface area contributed by atoms with Crippen LogP contribution in [0.1, 0.15) is 30.1 Å². The van der Waals surface area contributed by atoms with Crippen LogP contribution in [0.15, 0.2) is 30.6 Å². The average molecular weight is 337 g/mol. The van der Waals surface area contributed by atoms with Crippen LogP contribution in [0, 0.1) is 0 Å². The molecule has 0 aliphatic carbocycles. The molecular formula is C15H21ClN6O. The lowest BCUT2D eigenvalue weighted by atomic mass is 10.1. The van der Waals surface area contributed by atoms with E-state index in [1.54, 1.807) is 4.68 Å². The predicted molar refractivity (Wildman–Crippen MR) is 89.0 cm³/mol. The number of nitrogens with one attached hydrogen (secondary N) is 1. The molecule has 1 fully saturated rings. The lowest BCUT2D eigenvalue weighted by Gasteiger charge is -2.28. The highest BCUT2D eigenvalue weighted by Crippen LogP contribution is 2.16. The summed E-state index contributed by atoms with van der Waals surface area (Å²) >= 11 is 0. The monoisotopic (exact) mass is 336 g/mol. The summed E-state index contributed by atoms with van der Waals surface area (Å²) in [6.07, 6.45) is 3.49. The molecule has 2 heterocycles. The minimum atomic E-state index is 0. The summed E-state index contributed by atoms with van der Waals surface area (Å²) in [6.45, 7) is 4.72. The van der Waals surface area contributed by atoms with Gasteiger partial charge in [-0.25, -0.2) is 4.68 Å². The van der Waals surface area contributed by atoms with E-state index >= 15 is 0 Å². The Morgan fingerprint density at radius 2 is 2.35 bits per heavy atom. The highest BCUT2D eigenvalue weighted by molar-refractivity contribution is 5.95. The van der Waals surface area contributed by atoms with Gasteiger partial charge in [0, 0.05) is 24.7 Å². The number of benzene rings is 1. The minimum absolute atomic E-state index is 0. The number of amides is 1. The van der Waals surface area contributed by atoms with Crippen molar-refractivity contribution in [2.45, 2.75) is 25.8 Å². The standard InChI is InChI=1S/C15H20N6O.ClH/c1-2-8-20(14-6-7-16-10-14)15(22)12-4-3-5-13(9-12)21-11-17-18-19-21;/h3-5,9,11,14,16H,2,6-8,10H2,1H3;1H. The Hall–Kier alpha value is -1.99. The first-order chi connectivity index (χ1) is 10.8. The number of carbonyl (C=O) groups excluding carboxylic acids is 1. The number of halogens is 1. The molecule has 2 aromatic rings. The van der Waals surface area contributed by atoms with Crippen LogP contribution in [-0.4, -0.2) is 56.7 Å². The molecular weight excluding hydrogens is 316 g/mol. The summed E-state index contributed by atoms with van der Waals surface area (Å²) in [5.41, 5.74) is 1.46. The number of hydrogen-bond acceptors (Lipinski definition) is 5. The first-order valence-electron chi connectivity index (χ1n) is 7.64. The van der Waals surface area contributed by atoms with Crippen LogP contribution in [0.2, 0.25) is 0 Å². The third-order valence-corrected chi connectivity index (χ3v) is 3.91. The zero-order chi connectivity index (χ0) is 15.4. The van der Waals surface area contributed by atoms with Crippen LogP contribution in [0.25, 0.3) is 5.69 Å². The van der Waals surface area contributed by atoms with Crippen LogP contribution < -0.4 is 5.32 Å². The van der Waals surface area contributed by atoms with Gasteiger partial charge < -0.3 is 10.2 Å². The minimum Gasteiger partial charge on any atom is -0.334 e. The molecule has 1 aliphatic rings. The molecule has 3 rings (SSSR count). The van der Waals surface area contributed by atoms with Crippen molar-refractivity contribution in [3.8, 4) is 5.69 Å². The molecule has 1 amide bonds. The molecule has 23 heavy (non-hydrogen) atoms. The molecule has 1 saturated heterocycles. The Labute approximate surface area is 141 Å². The molecule has 7 nitrogen and oxygen atoms in total. The van der Waals surface area contributed by atoms with E-state index in [4.69, 9.17) is 0 Å². The average Bonchev–Trinajstić information content (AvgIpc) is 3.25. The van der Waals surface area contributed by atoms with Gasteiger partial charge in [0.25, 0.3) is 5.91 Å². The highest BCUT2D eigenvalue weighted by Gasteiger charge is 2.26. The second-order valence-electron chi connectivity index (χ2n) is 5.45. The summed E-state index contributed by atoms with van der Waals surface area (Å²) in [7, 11) is 0. The van der Waals surface area contributed by atoms with E-state index in [1.165, 1.54) is 6.33 Å². The number of rotatable bonds is 5. The van der Waals surface area contributed by atoms with Crippen LogP contribution in [-0.2, 0) is 0 Å². The van der Waals surface area contributed by atoms with E-state index in [0.717, 1.165) is 38.2 Å². The number of aromatic nitrogens is 4. The summed E-state index contributed by atoms with van der Waals surface area (Å²) < 4.78 is 1.55. The predicted octanol–water partition coefficient (Wildman–Crippen LogP) is 1.30. The fourth-order valence-corrected chi connectivity index (χ4v) is 2.82. The van der Waals surface area contributed by atoms with Gasteiger partial charge in [-0.2, -0.15) is 0 Å². The number of nitrogens with zero attached hydrogens (tertiary/aromatic N) is 5. The maximum absolute atomic E-state index is 12.9. The van der Waals surface area contributed by atoms with Gasteiger partial charge in [-0.1, -0.05) is 13.0 Å². The third kappa shape index (κ3) is 3.86. The summed E-state index contributed by atoms with van der Waals surface area (Å²) in [5, 5.41) is 14.5. The molecule has 0 saturated carbocycles. The van der Waals surface area contributed by atoms with Crippen molar-refractivity contribution in [2.24, 2.45) is 0 Å². The lowest BCUT2D eigenvalue weighted by Crippen LogP contribution is -2.42. The Morgan fingerprint density at radius 3 is 3.00 bits per heavy atom. The van der Waals surface area contributed by atoms with Gasteiger partial charge in [0.15, 0.2) is 0 Å². The maximum Gasteiger partial charge on any atom is 0.254 e. The fraction of sp³-hybridized carbons (Fsp3) is 0.467. The molecule has 124 valence electrons. The Kier molecular flexibility index (Phi) is 6.06. The van der Waals surface area contributed by atoms with Crippen molar-refractivity contribution < 1.29 is 4.79 Å². The van der Waals surface area contributed by atoms with Crippen molar-refractivity contribution in [2.75, 3.05) is 19.6 Å². The van der Waals surface area contributed by atoms with E-state index < -0.39 is 0 Å². The SMILES string of the molecule is CCCN(C(=O)c1cccc(-n2cnnn2)c1)C1CCNC1.Cl. The van der Waals surface area contributed by atoms with Gasteiger partial charge in [0.2, 0.25) is 0 Å². The largest absolute Gasteiger partial charge is 0.334 e. The Morgan fingerprint density at radius 1 is 1.48 bits per heavy atom. The van der Waals surface area contributed by atoms with E-state index in [0.29, 0.717) is 5.56 Å². The van der Waals surface area contributed by atoms with Crippen molar-refractivity contribution in [1.82, 2.24) is 30.4 Å². The number of tetrazole rings is 1. The van der Waals surface area contributed by atoms with Gasteiger partial charge in [-0.05, 0) is 48.0 Å². The van der Waals surface area contributed by atoms with Gasteiger partial charge in [-0.15, -0.1) is 17.5 Å². The summed E-state index contributed by atoms with van der Waals surface area (Å²) in [4.78, 5) is 14.9. The highest BCUT2D eigenvalue weighted by atomic mass is 35.5. The summed E-state index contributed by atoms with van der Waals surface area (Å²) in [5.74, 6) is 0.0745. The molecule has 1 N–H and O–H groups in total. The molecule has 1 aromatic heterocycles. The Balaban J connectivity index is 0.00000192. The molecule has 1 aliphatic heterocycles. The van der Waals surface area contributed by atoms with E-state index in [1.807, 2.05) is 29.2 Å². The van der Waals surface area contributed by atoms with Crippen LogP contribution >= 0.6 is 12.4 Å². The first-order valence-corrected chi connectivity index (χ1v) is 7.64. The molecule has 0 radical (unpaired) electrons. The quantitative estimate of drug-likeness (QED) is 0.890. The lowest BCUT2D eigenvalue weighted by molar-refractivity contribution is 0.0692. The summed E-state index contributed by atoms with van der Waals surface area (Å²) in [6, 6.07) is 7.71. The van der Waals surface area contributed by atoms with Crippen molar-refractivity contribution in [3.05, 3.63) is 36.2 Å². The molecule has 0 bridgehead atoms. The van der Waals surface area contributed by atoms with Gasteiger partial charge in [0.1, 0.15) is 6.33 Å². The van der Waals surface area contributed by atoms with Crippen molar-refractivity contribution >= 4 is 18.3 Å². The molecule has 0 spiro atoms. The van der Waals surface area contributed by atoms with E-state index in [9.17, 15) is 4.79 Å². The first kappa shape index (κ1) is 17.4. The van der Waals surface area contributed by atoms with Crippen molar-refractivity contribution in [1.29, 1.82) is 0 Å².